The first-order chi connectivity index (χ1) is 11.7. The van der Waals surface area contributed by atoms with Crippen LogP contribution in [0.1, 0.15) is 58.3 Å². The number of benzene rings is 1. The normalized spacial score (nSPS) is 16.7. The van der Waals surface area contributed by atoms with Crippen LogP contribution in [-0.2, 0) is 11.2 Å². The first-order valence-corrected chi connectivity index (χ1v) is 8.57. The van der Waals surface area contributed by atoms with Crippen molar-refractivity contribution >= 4 is 5.91 Å². The number of nitrogens with one attached hydrogen (secondary N) is 1. The van der Waals surface area contributed by atoms with E-state index in [9.17, 15) is 4.79 Å². The van der Waals surface area contributed by atoms with E-state index in [4.69, 9.17) is 9.26 Å². The summed E-state index contributed by atoms with van der Waals surface area (Å²) in [4.78, 5) is 12.1. The maximum absolute atomic E-state index is 12.1. The van der Waals surface area contributed by atoms with Crippen molar-refractivity contribution < 1.29 is 14.1 Å². The SMILES string of the molecule is Cc1noc(C)c1C(=O)NCCCO[C@@H]1CCCc2ccccc21. The first-order valence-electron chi connectivity index (χ1n) is 8.57. The number of nitrogens with zero attached hydrogens (tertiary/aromatic N) is 1. The van der Waals surface area contributed by atoms with Crippen molar-refractivity contribution in [3.63, 3.8) is 0 Å². The lowest BCUT2D eigenvalue weighted by Gasteiger charge is -2.25. The van der Waals surface area contributed by atoms with Crippen molar-refractivity contribution in [2.24, 2.45) is 0 Å². The quantitative estimate of drug-likeness (QED) is 0.824. The minimum atomic E-state index is -0.130. The molecule has 1 N–H and O–H groups in total. The lowest BCUT2D eigenvalue weighted by Crippen LogP contribution is -2.26. The fourth-order valence-corrected chi connectivity index (χ4v) is 3.28. The third-order valence-corrected chi connectivity index (χ3v) is 4.50. The topological polar surface area (TPSA) is 64.4 Å². The van der Waals surface area contributed by atoms with Gasteiger partial charge in [0.2, 0.25) is 0 Å². The average Bonchev–Trinajstić information content (AvgIpc) is 2.93. The molecule has 0 radical (unpaired) electrons. The van der Waals surface area contributed by atoms with E-state index in [0.29, 0.717) is 30.2 Å². The van der Waals surface area contributed by atoms with E-state index >= 15 is 0 Å². The van der Waals surface area contributed by atoms with Crippen LogP contribution >= 0.6 is 0 Å². The van der Waals surface area contributed by atoms with Crippen LogP contribution in [0, 0.1) is 13.8 Å². The molecular formula is C19H24N2O3. The summed E-state index contributed by atoms with van der Waals surface area (Å²) >= 11 is 0. The lowest BCUT2D eigenvalue weighted by molar-refractivity contribution is 0.0393. The van der Waals surface area contributed by atoms with Crippen molar-refractivity contribution in [3.8, 4) is 0 Å². The molecule has 1 heterocycles. The monoisotopic (exact) mass is 328 g/mol. The Labute approximate surface area is 142 Å². The van der Waals surface area contributed by atoms with Gasteiger partial charge in [0, 0.05) is 13.2 Å². The van der Waals surface area contributed by atoms with Crippen LogP contribution in [0.5, 0.6) is 0 Å². The number of ether oxygens (including phenoxy) is 1. The van der Waals surface area contributed by atoms with Crippen LogP contribution < -0.4 is 5.32 Å². The molecule has 0 aliphatic heterocycles. The Morgan fingerprint density at radius 1 is 1.38 bits per heavy atom. The Bertz CT molecular complexity index is 689. The Kier molecular flexibility index (Phi) is 5.30. The molecule has 0 spiro atoms. The fraction of sp³-hybridized carbons (Fsp3) is 0.474. The molecule has 0 fully saturated rings. The molecule has 1 aromatic heterocycles. The summed E-state index contributed by atoms with van der Waals surface area (Å²) in [6, 6.07) is 8.52. The number of aryl methyl sites for hydroxylation is 3. The molecule has 0 saturated carbocycles. The van der Waals surface area contributed by atoms with E-state index < -0.39 is 0 Å². The van der Waals surface area contributed by atoms with E-state index in [1.807, 2.05) is 0 Å². The molecule has 1 atom stereocenters. The molecule has 3 rings (SSSR count). The van der Waals surface area contributed by atoms with Crippen LogP contribution in [0.15, 0.2) is 28.8 Å². The van der Waals surface area contributed by atoms with Gasteiger partial charge in [-0.15, -0.1) is 0 Å². The average molecular weight is 328 g/mol. The van der Waals surface area contributed by atoms with Crippen molar-refractivity contribution in [3.05, 3.63) is 52.4 Å². The third kappa shape index (κ3) is 3.67. The van der Waals surface area contributed by atoms with E-state index in [-0.39, 0.29) is 12.0 Å². The Hall–Kier alpha value is -2.14. The highest BCUT2D eigenvalue weighted by molar-refractivity contribution is 5.96. The van der Waals surface area contributed by atoms with Crippen molar-refractivity contribution in [1.82, 2.24) is 10.5 Å². The summed E-state index contributed by atoms with van der Waals surface area (Å²) in [5.41, 5.74) is 3.89. The second-order valence-corrected chi connectivity index (χ2v) is 6.26. The van der Waals surface area contributed by atoms with Crippen LogP contribution in [0.2, 0.25) is 0 Å². The van der Waals surface area contributed by atoms with Crippen molar-refractivity contribution in [1.29, 1.82) is 0 Å². The maximum Gasteiger partial charge on any atom is 0.256 e. The zero-order valence-electron chi connectivity index (χ0n) is 14.3. The number of rotatable bonds is 6. The fourth-order valence-electron chi connectivity index (χ4n) is 3.28. The van der Waals surface area contributed by atoms with E-state index in [2.05, 4.69) is 34.7 Å². The van der Waals surface area contributed by atoms with Gasteiger partial charge in [-0.25, -0.2) is 0 Å². The molecule has 0 saturated heterocycles. The molecule has 5 heteroatoms. The van der Waals surface area contributed by atoms with Crippen LogP contribution in [0.3, 0.4) is 0 Å². The maximum atomic E-state index is 12.1. The molecule has 1 aliphatic rings. The summed E-state index contributed by atoms with van der Waals surface area (Å²) < 4.78 is 11.1. The molecular weight excluding hydrogens is 304 g/mol. The summed E-state index contributed by atoms with van der Waals surface area (Å²) in [5.74, 6) is 0.425. The van der Waals surface area contributed by atoms with Crippen molar-refractivity contribution in [2.75, 3.05) is 13.2 Å². The summed E-state index contributed by atoms with van der Waals surface area (Å²) in [5, 5.41) is 6.71. The first kappa shape index (κ1) is 16.7. The van der Waals surface area contributed by atoms with Gasteiger partial charge in [0.05, 0.1) is 11.8 Å². The predicted octanol–water partition coefficient (Wildman–Crippen LogP) is 3.51. The zero-order valence-corrected chi connectivity index (χ0v) is 14.3. The zero-order chi connectivity index (χ0) is 16.9. The summed E-state index contributed by atoms with van der Waals surface area (Å²) in [7, 11) is 0. The highest BCUT2D eigenvalue weighted by atomic mass is 16.5. The molecule has 0 unspecified atom stereocenters. The molecule has 1 amide bonds. The Morgan fingerprint density at radius 3 is 3.00 bits per heavy atom. The third-order valence-electron chi connectivity index (χ3n) is 4.50. The van der Waals surface area contributed by atoms with Gasteiger partial charge in [0.1, 0.15) is 11.3 Å². The van der Waals surface area contributed by atoms with E-state index in [1.165, 1.54) is 17.5 Å². The number of fused-ring (bicyclic) bond motifs is 1. The molecule has 1 aliphatic carbocycles. The summed E-state index contributed by atoms with van der Waals surface area (Å²) in [6.45, 7) is 4.74. The standard InChI is InChI=1S/C19H24N2O3/c1-13-18(14(2)24-21-13)19(22)20-11-6-12-23-17-10-5-8-15-7-3-4-9-16(15)17/h3-4,7,9,17H,5-6,8,10-12H2,1-2H3,(H,20,22)/t17-/m1/s1. The molecule has 5 nitrogen and oxygen atoms in total. The second kappa shape index (κ2) is 7.62. The minimum absolute atomic E-state index is 0.130. The molecule has 1 aromatic carbocycles. The number of hydrogen-bond acceptors (Lipinski definition) is 4. The molecule has 0 bridgehead atoms. The van der Waals surface area contributed by atoms with E-state index in [1.54, 1.807) is 13.8 Å². The number of hydrogen-bond donors (Lipinski definition) is 1. The van der Waals surface area contributed by atoms with Crippen LogP contribution in [0.25, 0.3) is 0 Å². The Morgan fingerprint density at radius 2 is 2.21 bits per heavy atom. The number of aromatic nitrogens is 1. The van der Waals surface area contributed by atoms with Gasteiger partial charge >= 0.3 is 0 Å². The smallest absolute Gasteiger partial charge is 0.256 e. The second-order valence-electron chi connectivity index (χ2n) is 6.26. The van der Waals surface area contributed by atoms with Gasteiger partial charge in [0.15, 0.2) is 0 Å². The van der Waals surface area contributed by atoms with Gasteiger partial charge in [-0.3, -0.25) is 4.79 Å². The molecule has 128 valence electrons. The molecule has 2 aromatic rings. The number of carbonyl (C=O) groups is 1. The summed E-state index contributed by atoms with van der Waals surface area (Å²) in [6.07, 6.45) is 4.36. The molecule has 24 heavy (non-hydrogen) atoms. The lowest BCUT2D eigenvalue weighted by atomic mass is 9.89. The van der Waals surface area contributed by atoms with Gasteiger partial charge in [0.25, 0.3) is 5.91 Å². The minimum Gasteiger partial charge on any atom is -0.373 e. The number of amides is 1. The van der Waals surface area contributed by atoms with Gasteiger partial charge in [-0.05, 0) is 50.7 Å². The van der Waals surface area contributed by atoms with Gasteiger partial charge in [-0.1, -0.05) is 29.4 Å². The highest BCUT2D eigenvalue weighted by Crippen LogP contribution is 2.32. The predicted molar refractivity (Wildman–Crippen MR) is 91.0 cm³/mol. The van der Waals surface area contributed by atoms with Crippen molar-refractivity contribution in [2.45, 2.75) is 45.6 Å². The van der Waals surface area contributed by atoms with Gasteiger partial charge in [-0.2, -0.15) is 0 Å². The Balaban J connectivity index is 1.43. The van der Waals surface area contributed by atoms with Crippen LogP contribution in [0.4, 0.5) is 0 Å². The van der Waals surface area contributed by atoms with Gasteiger partial charge < -0.3 is 14.6 Å². The highest BCUT2D eigenvalue weighted by Gasteiger charge is 2.20. The largest absolute Gasteiger partial charge is 0.373 e. The number of carbonyl (C=O) groups excluding carboxylic acids is 1. The van der Waals surface area contributed by atoms with Crippen LogP contribution in [-0.4, -0.2) is 24.2 Å². The van der Waals surface area contributed by atoms with E-state index in [0.717, 1.165) is 19.3 Å².